The smallest absolute Gasteiger partial charge is 0.269 e. The van der Waals surface area contributed by atoms with Crippen molar-refractivity contribution in [3.8, 4) is 5.75 Å². The quantitative estimate of drug-likeness (QED) is 0.872. The lowest BCUT2D eigenvalue weighted by Crippen LogP contribution is -2.11. The van der Waals surface area contributed by atoms with Crippen molar-refractivity contribution in [3.05, 3.63) is 46.2 Å². The highest BCUT2D eigenvalue weighted by Crippen LogP contribution is 2.31. The first-order valence-corrected chi connectivity index (χ1v) is 6.54. The van der Waals surface area contributed by atoms with Crippen LogP contribution in [0.25, 0.3) is 0 Å². The maximum Gasteiger partial charge on any atom is 0.269 e. The van der Waals surface area contributed by atoms with Gasteiger partial charge >= 0.3 is 0 Å². The number of nitrogens with one attached hydrogen (secondary N) is 1. The largest absolute Gasteiger partial charge is 0.494 e. The van der Waals surface area contributed by atoms with Gasteiger partial charge in [0, 0.05) is 11.1 Å². The fourth-order valence-corrected chi connectivity index (χ4v) is 2.63. The van der Waals surface area contributed by atoms with E-state index >= 15 is 0 Å². The number of anilines is 1. The highest BCUT2D eigenvalue weighted by atomic mass is 32.1. The van der Waals surface area contributed by atoms with Crippen molar-refractivity contribution in [1.82, 2.24) is 0 Å². The number of Topliss-reactive ketones (excluding diaryl/α,β-unsaturated/α-hetero) is 1. The predicted octanol–water partition coefficient (Wildman–Crippen LogP) is 3.21. The number of benzene rings is 1. The molecule has 1 heterocycles. The number of ether oxygens (including phenoxy) is 1. The summed E-state index contributed by atoms with van der Waals surface area (Å²) in [5, 5.41) is 4.41. The molecule has 0 saturated heterocycles. The summed E-state index contributed by atoms with van der Waals surface area (Å²) in [5.41, 5.74) is 1.14. The van der Waals surface area contributed by atoms with Crippen molar-refractivity contribution < 1.29 is 14.3 Å². The van der Waals surface area contributed by atoms with E-state index in [2.05, 4.69) is 5.32 Å². The normalized spacial score (nSPS) is 10.0. The average molecular weight is 275 g/mol. The van der Waals surface area contributed by atoms with Gasteiger partial charge in [-0.05, 0) is 19.1 Å². The number of carbonyl (C=O) groups is 2. The molecule has 0 unspecified atom stereocenters. The Labute approximate surface area is 115 Å². The van der Waals surface area contributed by atoms with Gasteiger partial charge in [0.2, 0.25) is 0 Å². The van der Waals surface area contributed by atoms with E-state index in [9.17, 15) is 9.59 Å². The molecular formula is C14H13NO3S. The fraction of sp³-hybridized carbons (Fsp3) is 0.143. The van der Waals surface area contributed by atoms with Gasteiger partial charge in [-0.2, -0.15) is 0 Å². The van der Waals surface area contributed by atoms with Gasteiger partial charge in [0.05, 0.1) is 12.7 Å². The van der Waals surface area contributed by atoms with Gasteiger partial charge in [-0.1, -0.05) is 18.2 Å². The summed E-state index contributed by atoms with van der Waals surface area (Å²) in [6.45, 7) is 1.45. The van der Waals surface area contributed by atoms with E-state index in [0.717, 1.165) is 0 Å². The maximum atomic E-state index is 12.1. The Hall–Kier alpha value is -2.14. The second kappa shape index (κ2) is 5.67. The molecule has 1 aromatic heterocycles. The van der Waals surface area contributed by atoms with Crippen molar-refractivity contribution >= 4 is 28.7 Å². The van der Waals surface area contributed by atoms with Crippen LogP contribution in [-0.4, -0.2) is 18.8 Å². The van der Waals surface area contributed by atoms with E-state index in [1.54, 1.807) is 17.5 Å². The molecule has 0 aliphatic carbocycles. The third-order valence-corrected chi connectivity index (χ3v) is 3.53. The molecule has 98 valence electrons. The zero-order valence-corrected chi connectivity index (χ0v) is 11.4. The Kier molecular flexibility index (Phi) is 3.97. The monoisotopic (exact) mass is 275 g/mol. The Morgan fingerprint density at radius 1 is 1.21 bits per heavy atom. The topological polar surface area (TPSA) is 55.4 Å². The average Bonchev–Trinajstić information content (AvgIpc) is 2.83. The van der Waals surface area contributed by atoms with Crippen LogP contribution in [0.2, 0.25) is 0 Å². The van der Waals surface area contributed by atoms with E-state index in [1.165, 1.54) is 25.4 Å². The molecule has 1 N–H and O–H groups in total. The standard InChI is InChI=1S/C14H13NO3S/c1-9(16)11-8-19-13(12(11)18-2)14(17)15-10-6-4-3-5-7-10/h3-8H,1-2H3,(H,15,17). The van der Waals surface area contributed by atoms with Crippen LogP contribution < -0.4 is 10.1 Å². The molecule has 2 rings (SSSR count). The van der Waals surface area contributed by atoms with Crippen LogP contribution in [0.4, 0.5) is 5.69 Å². The molecule has 0 aliphatic rings. The lowest BCUT2D eigenvalue weighted by Gasteiger charge is -2.06. The number of para-hydroxylation sites is 1. The van der Waals surface area contributed by atoms with Gasteiger partial charge in [0.1, 0.15) is 4.88 Å². The minimum atomic E-state index is -0.277. The zero-order chi connectivity index (χ0) is 13.8. The molecule has 0 aliphatic heterocycles. The molecule has 1 amide bonds. The van der Waals surface area contributed by atoms with Crippen molar-refractivity contribution in [3.63, 3.8) is 0 Å². The van der Waals surface area contributed by atoms with E-state index in [-0.39, 0.29) is 11.7 Å². The molecular weight excluding hydrogens is 262 g/mol. The van der Waals surface area contributed by atoms with Crippen molar-refractivity contribution in [1.29, 1.82) is 0 Å². The van der Waals surface area contributed by atoms with E-state index in [4.69, 9.17) is 4.74 Å². The van der Waals surface area contributed by atoms with Crippen molar-refractivity contribution in [2.45, 2.75) is 6.92 Å². The number of ketones is 1. The van der Waals surface area contributed by atoms with E-state index < -0.39 is 0 Å². The molecule has 0 spiro atoms. The number of hydrogen-bond donors (Lipinski definition) is 1. The second-order valence-corrected chi connectivity index (χ2v) is 4.77. The minimum absolute atomic E-state index is 0.119. The van der Waals surface area contributed by atoms with Crippen LogP contribution in [0.3, 0.4) is 0 Å². The Morgan fingerprint density at radius 3 is 2.47 bits per heavy atom. The summed E-state index contributed by atoms with van der Waals surface area (Å²) in [6, 6.07) is 9.13. The number of carbonyl (C=O) groups excluding carboxylic acids is 2. The SMILES string of the molecule is COc1c(C(C)=O)csc1C(=O)Nc1ccccc1. The number of thiophene rings is 1. The molecule has 0 bridgehead atoms. The molecule has 0 radical (unpaired) electrons. The van der Waals surface area contributed by atoms with Crippen molar-refractivity contribution in [2.24, 2.45) is 0 Å². The Bertz CT molecular complexity index is 604. The van der Waals surface area contributed by atoms with Crippen LogP contribution in [0.1, 0.15) is 27.0 Å². The van der Waals surface area contributed by atoms with E-state index in [0.29, 0.717) is 21.9 Å². The Morgan fingerprint density at radius 2 is 1.89 bits per heavy atom. The van der Waals surface area contributed by atoms with Crippen LogP contribution in [-0.2, 0) is 0 Å². The zero-order valence-electron chi connectivity index (χ0n) is 10.6. The molecule has 5 heteroatoms. The number of rotatable bonds is 4. The first-order valence-electron chi connectivity index (χ1n) is 5.66. The number of hydrogen-bond acceptors (Lipinski definition) is 4. The summed E-state index contributed by atoms with van der Waals surface area (Å²) in [6.07, 6.45) is 0. The van der Waals surface area contributed by atoms with Gasteiger partial charge in [0.25, 0.3) is 5.91 Å². The van der Waals surface area contributed by atoms with E-state index in [1.807, 2.05) is 18.2 Å². The van der Waals surface area contributed by atoms with Gasteiger partial charge < -0.3 is 10.1 Å². The molecule has 0 fully saturated rings. The fourth-order valence-electron chi connectivity index (χ4n) is 1.66. The third-order valence-electron chi connectivity index (χ3n) is 2.57. The predicted molar refractivity (Wildman–Crippen MR) is 75.3 cm³/mol. The summed E-state index contributed by atoms with van der Waals surface area (Å²) in [5.74, 6) is -0.0571. The highest BCUT2D eigenvalue weighted by molar-refractivity contribution is 7.13. The summed E-state index contributed by atoms with van der Waals surface area (Å²) >= 11 is 1.20. The first-order chi connectivity index (χ1) is 9.13. The summed E-state index contributed by atoms with van der Waals surface area (Å²) in [7, 11) is 1.45. The maximum absolute atomic E-state index is 12.1. The lowest BCUT2D eigenvalue weighted by molar-refractivity contribution is 0.101. The van der Waals surface area contributed by atoms with Crippen molar-refractivity contribution in [2.75, 3.05) is 12.4 Å². The highest BCUT2D eigenvalue weighted by Gasteiger charge is 2.21. The van der Waals surface area contributed by atoms with Gasteiger partial charge in [0.15, 0.2) is 11.5 Å². The Balaban J connectivity index is 2.27. The number of amides is 1. The van der Waals surface area contributed by atoms with Crippen LogP contribution >= 0.6 is 11.3 Å². The first kappa shape index (κ1) is 13.3. The molecule has 4 nitrogen and oxygen atoms in total. The van der Waals surface area contributed by atoms with Gasteiger partial charge in [-0.15, -0.1) is 11.3 Å². The molecule has 2 aromatic rings. The lowest BCUT2D eigenvalue weighted by atomic mass is 10.2. The summed E-state index contributed by atoms with van der Waals surface area (Å²) in [4.78, 5) is 24.0. The second-order valence-electron chi connectivity index (χ2n) is 3.89. The van der Waals surface area contributed by atoms with Crippen LogP contribution in [0, 0.1) is 0 Å². The minimum Gasteiger partial charge on any atom is -0.494 e. The third kappa shape index (κ3) is 2.82. The van der Waals surface area contributed by atoms with Crippen LogP contribution in [0.15, 0.2) is 35.7 Å². The van der Waals surface area contributed by atoms with Gasteiger partial charge in [-0.3, -0.25) is 9.59 Å². The molecule has 0 saturated carbocycles. The number of methoxy groups -OCH3 is 1. The van der Waals surface area contributed by atoms with Gasteiger partial charge in [-0.25, -0.2) is 0 Å². The molecule has 1 aromatic carbocycles. The molecule has 0 atom stereocenters. The van der Waals surface area contributed by atoms with Crippen LogP contribution in [0.5, 0.6) is 5.75 Å². The summed E-state index contributed by atoms with van der Waals surface area (Å²) < 4.78 is 5.17. The molecule has 19 heavy (non-hydrogen) atoms.